The lowest BCUT2D eigenvalue weighted by atomic mass is 10.0. The van der Waals surface area contributed by atoms with Gasteiger partial charge < -0.3 is 9.73 Å². The molecule has 1 heterocycles. The molecule has 0 saturated carbocycles. The van der Waals surface area contributed by atoms with Gasteiger partial charge in [-0.2, -0.15) is 0 Å². The third-order valence-corrected chi connectivity index (χ3v) is 4.30. The molecule has 0 aliphatic heterocycles. The highest BCUT2D eigenvalue weighted by Gasteiger charge is 2.13. The monoisotopic (exact) mass is 329 g/mol. The summed E-state index contributed by atoms with van der Waals surface area (Å²) in [4.78, 5) is 23.4. The molecule has 0 spiro atoms. The Kier molecular flexibility index (Phi) is 3.78. The molecule has 122 valence electrons. The van der Waals surface area contributed by atoms with E-state index < -0.39 is 5.63 Å². The Morgan fingerprint density at radius 1 is 0.920 bits per heavy atom. The standard InChI is InChI=1S/C21H15NO3/c23-13-19-18(17-7-3-4-8-20(17)25-21(19)24)12-22-16-10-9-14-5-1-2-6-15(14)11-16/h1-11,13,22H,12H2. The second-order valence-corrected chi connectivity index (χ2v) is 5.81. The highest BCUT2D eigenvalue weighted by atomic mass is 16.4. The summed E-state index contributed by atoms with van der Waals surface area (Å²) in [7, 11) is 0. The second kappa shape index (κ2) is 6.24. The average molecular weight is 329 g/mol. The molecule has 0 bridgehead atoms. The van der Waals surface area contributed by atoms with Gasteiger partial charge in [-0.05, 0) is 34.5 Å². The van der Waals surface area contributed by atoms with Crippen LogP contribution in [0.15, 0.2) is 75.9 Å². The zero-order chi connectivity index (χ0) is 17.2. The third-order valence-electron chi connectivity index (χ3n) is 4.30. The van der Waals surface area contributed by atoms with E-state index in [4.69, 9.17) is 4.42 Å². The van der Waals surface area contributed by atoms with Crippen LogP contribution in [0.5, 0.6) is 0 Å². The zero-order valence-corrected chi connectivity index (χ0v) is 13.4. The normalized spacial score (nSPS) is 10.9. The number of fused-ring (bicyclic) bond motifs is 2. The van der Waals surface area contributed by atoms with Crippen LogP contribution in [-0.4, -0.2) is 6.29 Å². The SMILES string of the molecule is O=Cc1c(CNc2ccc3ccccc3c2)c2ccccc2oc1=O. The Labute approximate surface area is 143 Å². The van der Waals surface area contributed by atoms with Gasteiger partial charge in [0.15, 0.2) is 6.29 Å². The highest BCUT2D eigenvalue weighted by molar-refractivity contribution is 5.89. The molecule has 0 saturated heterocycles. The molecular formula is C21H15NO3. The van der Waals surface area contributed by atoms with E-state index in [1.165, 1.54) is 0 Å². The molecule has 4 rings (SSSR count). The molecule has 0 aliphatic carbocycles. The van der Waals surface area contributed by atoms with Crippen molar-refractivity contribution in [2.75, 3.05) is 5.32 Å². The quantitative estimate of drug-likeness (QED) is 0.446. The molecule has 0 radical (unpaired) electrons. The van der Waals surface area contributed by atoms with Crippen molar-refractivity contribution in [3.8, 4) is 0 Å². The van der Waals surface area contributed by atoms with Gasteiger partial charge in [0.25, 0.3) is 0 Å². The number of anilines is 1. The van der Waals surface area contributed by atoms with Crippen LogP contribution in [0, 0.1) is 0 Å². The number of rotatable bonds is 4. The predicted octanol–water partition coefficient (Wildman–Crippen LogP) is 4.37. The van der Waals surface area contributed by atoms with Crippen LogP contribution in [0.3, 0.4) is 0 Å². The van der Waals surface area contributed by atoms with E-state index in [1.54, 1.807) is 12.1 Å². The van der Waals surface area contributed by atoms with E-state index in [9.17, 15) is 9.59 Å². The fourth-order valence-electron chi connectivity index (χ4n) is 3.03. The molecule has 1 N–H and O–H groups in total. The Bertz CT molecular complexity index is 1140. The third kappa shape index (κ3) is 2.78. The van der Waals surface area contributed by atoms with Gasteiger partial charge in [-0.1, -0.05) is 48.5 Å². The minimum absolute atomic E-state index is 0.0620. The van der Waals surface area contributed by atoms with Gasteiger partial charge in [0.05, 0.1) is 0 Å². The number of benzene rings is 3. The minimum Gasteiger partial charge on any atom is -0.422 e. The van der Waals surface area contributed by atoms with Crippen molar-refractivity contribution in [1.29, 1.82) is 0 Å². The molecule has 4 heteroatoms. The first-order chi connectivity index (χ1) is 12.3. The van der Waals surface area contributed by atoms with Gasteiger partial charge in [0.1, 0.15) is 11.1 Å². The fraction of sp³-hybridized carbons (Fsp3) is 0.0476. The van der Waals surface area contributed by atoms with Crippen molar-refractivity contribution in [3.63, 3.8) is 0 Å². The Hall–Kier alpha value is -3.40. The number of carbonyl (C=O) groups excluding carboxylic acids is 1. The van der Waals surface area contributed by atoms with Gasteiger partial charge in [0.2, 0.25) is 0 Å². The van der Waals surface area contributed by atoms with Crippen molar-refractivity contribution >= 4 is 33.7 Å². The smallest absolute Gasteiger partial charge is 0.347 e. The van der Waals surface area contributed by atoms with E-state index in [2.05, 4.69) is 11.4 Å². The molecule has 4 aromatic rings. The zero-order valence-electron chi connectivity index (χ0n) is 13.4. The number of aldehydes is 1. The number of carbonyl (C=O) groups is 1. The molecule has 0 atom stereocenters. The van der Waals surface area contributed by atoms with Crippen molar-refractivity contribution in [1.82, 2.24) is 0 Å². The van der Waals surface area contributed by atoms with Crippen LogP contribution in [0.4, 0.5) is 5.69 Å². The lowest BCUT2D eigenvalue weighted by Crippen LogP contribution is -2.13. The van der Waals surface area contributed by atoms with E-state index >= 15 is 0 Å². The minimum atomic E-state index is -0.607. The topological polar surface area (TPSA) is 59.3 Å². The number of nitrogens with one attached hydrogen (secondary N) is 1. The maximum atomic E-state index is 12.0. The average Bonchev–Trinajstić information content (AvgIpc) is 2.65. The Balaban J connectivity index is 1.74. The van der Waals surface area contributed by atoms with Crippen molar-refractivity contribution < 1.29 is 9.21 Å². The maximum absolute atomic E-state index is 12.0. The van der Waals surface area contributed by atoms with E-state index in [0.717, 1.165) is 21.8 Å². The molecule has 4 nitrogen and oxygen atoms in total. The van der Waals surface area contributed by atoms with Crippen molar-refractivity contribution in [3.05, 3.63) is 88.3 Å². The summed E-state index contributed by atoms with van der Waals surface area (Å²) in [5, 5.41) is 6.35. The summed E-state index contributed by atoms with van der Waals surface area (Å²) in [6.07, 6.45) is 0.565. The lowest BCUT2D eigenvalue weighted by molar-refractivity contribution is 0.111. The molecule has 1 aromatic heterocycles. The van der Waals surface area contributed by atoms with Gasteiger partial charge >= 0.3 is 5.63 Å². The highest BCUT2D eigenvalue weighted by Crippen LogP contribution is 2.23. The number of para-hydroxylation sites is 1. The molecule has 0 amide bonds. The first kappa shape index (κ1) is 15.1. The largest absolute Gasteiger partial charge is 0.422 e. The molecular weight excluding hydrogens is 314 g/mol. The first-order valence-corrected chi connectivity index (χ1v) is 7.99. The summed E-state index contributed by atoms with van der Waals surface area (Å²) in [5.41, 5.74) is 1.51. The fourth-order valence-corrected chi connectivity index (χ4v) is 3.03. The van der Waals surface area contributed by atoms with Crippen molar-refractivity contribution in [2.24, 2.45) is 0 Å². The number of hydrogen-bond acceptors (Lipinski definition) is 4. The second-order valence-electron chi connectivity index (χ2n) is 5.81. The first-order valence-electron chi connectivity index (χ1n) is 7.99. The Morgan fingerprint density at radius 3 is 2.52 bits per heavy atom. The summed E-state index contributed by atoms with van der Waals surface area (Å²) < 4.78 is 5.22. The summed E-state index contributed by atoms with van der Waals surface area (Å²) in [6.45, 7) is 0.360. The summed E-state index contributed by atoms with van der Waals surface area (Å²) in [5.74, 6) is 0. The number of hydrogen-bond donors (Lipinski definition) is 1. The summed E-state index contributed by atoms with van der Waals surface area (Å²) >= 11 is 0. The molecule has 3 aromatic carbocycles. The van der Waals surface area contributed by atoms with Crippen molar-refractivity contribution in [2.45, 2.75) is 6.54 Å². The van der Waals surface area contributed by atoms with Crippen LogP contribution in [0.2, 0.25) is 0 Å². The van der Waals surface area contributed by atoms with Gasteiger partial charge in [0, 0.05) is 17.6 Å². The van der Waals surface area contributed by atoms with E-state index in [-0.39, 0.29) is 5.56 Å². The summed E-state index contributed by atoms with van der Waals surface area (Å²) in [6, 6.07) is 21.4. The van der Waals surface area contributed by atoms with Crippen LogP contribution in [0.1, 0.15) is 15.9 Å². The lowest BCUT2D eigenvalue weighted by Gasteiger charge is -2.11. The van der Waals surface area contributed by atoms with Crippen LogP contribution < -0.4 is 10.9 Å². The van der Waals surface area contributed by atoms with Crippen LogP contribution in [-0.2, 0) is 6.54 Å². The molecule has 25 heavy (non-hydrogen) atoms. The van der Waals surface area contributed by atoms with Gasteiger partial charge in [-0.25, -0.2) is 4.79 Å². The van der Waals surface area contributed by atoms with E-state index in [1.807, 2.05) is 48.5 Å². The van der Waals surface area contributed by atoms with E-state index in [0.29, 0.717) is 24.0 Å². The van der Waals surface area contributed by atoms with Gasteiger partial charge in [-0.15, -0.1) is 0 Å². The molecule has 0 fully saturated rings. The molecule has 0 aliphatic rings. The van der Waals surface area contributed by atoms with Gasteiger partial charge in [-0.3, -0.25) is 4.79 Å². The Morgan fingerprint density at radius 2 is 1.68 bits per heavy atom. The molecule has 0 unspecified atom stereocenters. The maximum Gasteiger partial charge on any atom is 0.347 e. The predicted molar refractivity (Wildman–Crippen MR) is 99.1 cm³/mol. The van der Waals surface area contributed by atoms with Crippen LogP contribution in [0.25, 0.3) is 21.7 Å². The van der Waals surface area contributed by atoms with Crippen LogP contribution >= 0.6 is 0 Å².